The van der Waals surface area contributed by atoms with Crippen molar-refractivity contribution in [2.24, 2.45) is 0 Å². The molecule has 0 bridgehead atoms. The number of aromatic amines is 1. The van der Waals surface area contributed by atoms with E-state index in [1.807, 2.05) is 6.92 Å². The molecule has 2 aromatic rings. The van der Waals surface area contributed by atoms with Crippen LogP contribution in [-0.4, -0.2) is 34.2 Å². The maximum Gasteiger partial charge on any atom is 0.339 e. The van der Waals surface area contributed by atoms with Crippen LogP contribution in [0.15, 0.2) is 34.2 Å². The van der Waals surface area contributed by atoms with E-state index in [-0.39, 0.29) is 27.8 Å². The van der Waals surface area contributed by atoms with Crippen LogP contribution in [0.25, 0.3) is 0 Å². The normalized spacial score (nSPS) is 10.5. The van der Waals surface area contributed by atoms with Crippen molar-refractivity contribution >= 4 is 40.9 Å². The Labute approximate surface area is 165 Å². The summed E-state index contributed by atoms with van der Waals surface area (Å²) < 4.78 is 5.15. The topological polar surface area (TPSA) is 101 Å². The first-order valence-corrected chi connectivity index (χ1v) is 9.72. The van der Waals surface area contributed by atoms with Gasteiger partial charge in [0.25, 0.3) is 5.56 Å². The summed E-state index contributed by atoms with van der Waals surface area (Å²) in [6, 6.07) is 5.98. The van der Waals surface area contributed by atoms with Gasteiger partial charge in [-0.25, -0.2) is 9.78 Å². The highest BCUT2D eigenvalue weighted by Crippen LogP contribution is 2.22. The van der Waals surface area contributed by atoms with Gasteiger partial charge in [-0.1, -0.05) is 36.7 Å². The summed E-state index contributed by atoms with van der Waals surface area (Å²) in [6.45, 7) is 4.02. The first-order chi connectivity index (χ1) is 12.9. The zero-order chi connectivity index (χ0) is 19.8. The molecule has 0 aliphatic rings. The van der Waals surface area contributed by atoms with Gasteiger partial charge in [-0.05, 0) is 31.5 Å². The summed E-state index contributed by atoms with van der Waals surface area (Å²) in [6.07, 6.45) is 1.68. The summed E-state index contributed by atoms with van der Waals surface area (Å²) in [5.41, 5.74) is 0.931. The number of nitrogens with zero attached hydrogens (tertiary/aromatic N) is 1. The number of thioether (sulfide) groups is 1. The number of hydrogen-bond donors (Lipinski definition) is 2. The van der Waals surface area contributed by atoms with Gasteiger partial charge in [0, 0.05) is 17.4 Å². The zero-order valence-electron chi connectivity index (χ0n) is 15.0. The number of carbonyl (C=O) groups excluding carboxylic acids is 2. The Kier molecular flexibility index (Phi) is 7.87. The molecule has 0 aliphatic carbocycles. The van der Waals surface area contributed by atoms with Crippen LogP contribution in [-0.2, 0) is 9.53 Å². The molecule has 0 atom stereocenters. The lowest BCUT2D eigenvalue weighted by molar-refractivity contribution is -0.113. The third kappa shape index (κ3) is 6.73. The molecular formula is C18H20ClN3O4S. The van der Waals surface area contributed by atoms with Gasteiger partial charge in [0.1, 0.15) is 0 Å². The second kappa shape index (κ2) is 10.1. The quantitative estimate of drug-likeness (QED) is 0.300. The number of carbonyl (C=O) groups is 2. The smallest absolute Gasteiger partial charge is 0.339 e. The number of anilines is 1. The third-order valence-electron chi connectivity index (χ3n) is 3.39. The molecular weight excluding hydrogens is 390 g/mol. The monoisotopic (exact) mass is 409 g/mol. The van der Waals surface area contributed by atoms with Crippen LogP contribution < -0.4 is 10.9 Å². The van der Waals surface area contributed by atoms with Crippen molar-refractivity contribution in [3.63, 3.8) is 0 Å². The molecule has 0 aliphatic heterocycles. The number of benzene rings is 1. The standard InChI is InChI=1S/C18H20ClN3O4S/c1-3-4-7-26-17(25)13-9-12(5-6-14(13)19)21-16(24)10-27-18-20-11(2)8-15(23)22-18/h5-6,8-9H,3-4,7,10H2,1-2H3,(H,21,24)(H,20,22,23). The minimum absolute atomic E-state index is 0.0469. The van der Waals surface area contributed by atoms with Crippen LogP contribution in [0.2, 0.25) is 5.02 Å². The molecule has 1 heterocycles. The predicted octanol–water partition coefficient (Wildman–Crippen LogP) is 3.42. The number of halogens is 1. The number of ether oxygens (including phenoxy) is 1. The second-order valence-electron chi connectivity index (χ2n) is 5.71. The number of H-pyrrole nitrogens is 1. The van der Waals surface area contributed by atoms with Gasteiger partial charge in [0.15, 0.2) is 5.16 Å². The average molecular weight is 410 g/mol. The van der Waals surface area contributed by atoms with Crippen LogP contribution >= 0.6 is 23.4 Å². The molecule has 27 heavy (non-hydrogen) atoms. The molecule has 1 amide bonds. The zero-order valence-corrected chi connectivity index (χ0v) is 16.6. The summed E-state index contributed by atoms with van der Waals surface area (Å²) in [4.78, 5) is 42.3. The molecule has 0 unspecified atom stereocenters. The van der Waals surface area contributed by atoms with Crippen LogP contribution in [0.1, 0.15) is 35.8 Å². The average Bonchev–Trinajstić information content (AvgIpc) is 2.61. The van der Waals surface area contributed by atoms with Gasteiger partial charge in [-0.3, -0.25) is 9.59 Å². The maximum absolute atomic E-state index is 12.1. The van der Waals surface area contributed by atoms with Crippen LogP contribution in [0.4, 0.5) is 5.69 Å². The molecule has 2 rings (SSSR count). The van der Waals surface area contributed by atoms with E-state index in [0.717, 1.165) is 24.6 Å². The van der Waals surface area contributed by atoms with E-state index >= 15 is 0 Å². The van der Waals surface area contributed by atoms with Crippen LogP contribution in [0.5, 0.6) is 0 Å². The van der Waals surface area contributed by atoms with Gasteiger partial charge in [0.05, 0.1) is 22.9 Å². The first-order valence-electron chi connectivity index (χ1n) is 8.36. The van der Waals surface area contributed by atoms with Crippen molar-refractivity contribution < 1.29 is 14.3 Å². The summed E-state index contributed by atoms with van der Waals surface area (Å²) in [7, 11) is 0. The molecule has 0 spiro atoms. The van der Waals surface area contributed by atoms with Crippen molar-refractivity contribution in [2.45, 2.75) is 31.8 Å². The molecule has 0 fully saturated rings. The Bertz CT molecular complexity index is 885. The van der Waals surface area contributed by atoms with Gasteiger partial charge in [-0.2, -0.15) is 0 Å². The van der Waals surface area contributed by atoms with E-state index in [4.69, 9.17) is 16.3 Å². The van der Waals surface area contributed by atoms with E-state index in [0.29, 0.717) is 23.1 Å². The largest absolute Gasteiger partial charge is 0.462 e. The fourth-order valence-corrected chi connectivity index (χ4v) is 3.01. The van der Waals surface area contributed by atoms with Crippen molar-refractivity contribution in [1.82, 2.24) is 9.97 Å². The van der Waals surface area contributed by atoms with Crippen molar-refractivity contribution in [3.05, 3.63) is 50.9 Å². The SMILES string of the molecule is CCCCOC(=O)c1cc(NC(=O)CSc2nc(C)cc(=O)[nH]2)ccc1Cl. The Morgan fingerprint density at radius 3 is 2.81 bits per heavy atom. The molecule has 0 radical (unpaired) electrons. The number of amides is 1. The predicted molar refractivity (Wildman–Crippen MR) is 106 cm³/mol. The van der Waals surface area contributed by atoms with Crippen LogP contribution in [0.3, 0.4) is 0 Å². The third-order valence-corrected chi connectivity index (χ3v) is 4.59. The molecule has 7 nitrogen and oxygen atoms in total. The summed E-state index contributed by atoms with van der Waals surface area (Å²) in [5, 5.41) is 3.31. The Balaban J connectivity index is 1.97. The molecule has 0 saturated carbocycles. The highest BCUT2D eigenvalue weighted by molar-refractivity contribution is 7.99. The van der Waals surface area contributed by atoms with Crippen molar-refractivity contribution in [3.8, 4) is 0 Å². The Morgan fingerprint density at radius 1 is 1.33 bits per heavy atom. The highest BCUT2D eigenvalue weighted by Gasteiger charge is 2.14. The number of nitrogens with one attached hydrogen (secondary N) is 2. The first kappa shape index (κ1) is 21.0. The lowest BCUT2D eigenvalue weighted by atomic mass is 10.2. The number of rotatable bonds is 8. The van der Waals surface area contributed by atoms with Crippen molar-refractivity contribution in [2.75, 3.05) is 17.7 Å². The lowest BCUT2D eigenvalue weighted by Gasteiger charge is -2.09. The van der Waals surface area contributed by atoms with Crippen LogP contribution in [0, 0.1) is 6.92 Å². The van der Waals surface area contributed by atoms with E-state index in [1.54, 1.807) is 13.0 Å². The fraction of sp³-hybridized carbons (Fsp3) is 0.333. The van der Waals surface area contributed by atoms with Gasteiger partial charge in [0.2, 0.25) is 5.91 Å². The number of unbranched alkanes of at least 4 members (excludes halogenated alkanes) is 1. The second-order valence-corrected chi connectivity index (χ2v) is 7.08. The summed E-state index contributed by atoms with van der Waals surface area (Å²) >= 11 is 7.16. The van der Waals surface area contributed by atoms with E-state index in [9.17, 15) is 14.4 Å². The summed E-state index contributed by atoms with van der Waals surface area (Å²) in [5.74, 6) is -0.789. The Hall–Kier alpha value is -2.32. The van der Waals surface area contributed by atoms with E-state index in [2.05, 4.69) is 15.3 Å². The molecule has 1 aromatic carbocycles. The van der Waals surface area contributed by atoms with E-state index in [1.165, 1.54) is 18.2 Å². The lowest BCUT2D eigenvalue weighted by Crippen LogP contribution is -2.16. The number of aryl methyl sites for hydroxylation is 1. The highest BCUT2D eigenvalue weighted by atomic mass is 35.5. The number of esters is 1. The Morgan fingerprint density at radius 2 is 2.11 bits per heavy atom. The fourth-order valence-electron chi connectivity index (χ4n) is 2.10. The minimum atomic E-state index is -0.527. The molecule has 1 aromatic heterocycles. The maximum atomic E-state index is 12.1. The number of hydrogen-bond acceptors (Lipinski definition) is 6. The van der Waals surface area contributed by atoms with Gasteiger partial charge >= 0.3 is 5.97 Å². The molecule has 0 saturated heterocycles. The number of aromatic nitrogens is 2. The van der Waals surface area contributed by atoms with E-state index < -0.39 is 5.97 Å². The molecule has 2 N–H and O–H groups in total. The molecule has 9 heteroatoms. The van der Waals surface area contributed by atoms with Crippen molar-refractivity contribution in [1.29, 1.82) is 0 Å². The molecule has 144 valence electrons. The van der Waals surface area contributed by atoms with Gasteiger partial charge < -0.3 is 15.0 Å². The van der Waals surface area contributed by atoms with Gasteiger partial charge in [-0.15, -0.1) is 0 Å². The minimum Gasteiger partial charge on any atom is -0.462 e.